The summed E-state index contributed by atoms with van der Waals surface area (Å²) in [5, 5.41) is 10.6. The Labute approximate surface area is 116 Å². The highest BCUT2D eigenvalue weighted by molar-refractivity contribution is 7.89. The second-order valence-corrected chi connectivity index (χ2v) is 5.86. The third-order valence-corrected chi connectivity index (χ3v) is 3.86. The monoisotopic (exact) mass is 300 g/mol. The molecular formula is C10H16N6O3S. The van der Waals surface area contributed by atoms with Gasteiger partial charge in [-0.1, -0.05) is 5.16 Å². The molecule has 0 radical (unpaired) electrons. The van der Waals surface area contributed by atoms with Crippen molar-refractivity contribution in [3.63, 3.8) is 0 Å². The summed E-state index contributed by atoms with van der Waals surface area (Å²) in [5.74, 6) is 0.674. The Bertz CT molecular complexity index is 662. The van der Waals surface area contributed by atoms with Crippen molar-refractivity contribution >= 4 is 10.0 Å². The summed E-state index contributed by atoms with van der Waals surface area (Å²) in [5.41, 5.74) is 0. The SMILES string of the molecule is CNCCn1cc(S(=O)(=O)NCc2noc(C)n2)cn1. The number of rotatable bonds is 7. The van der Waals surface area contributed by atoms with Gasteiger partial charge in [-0.3, -0.25) is 4.68 Å². The summed E-state index contributed by atoms with van der Waals surface area (Å²) in [6, 6.07) is 0. The second kappa shape index (κ2) is 6.11. The van der Waals surface area contributed by atoms with Crippen LogP contribution < -0.4 is 10.0 Å². The van der Waals surface area contributed by atoms with E-state index in [-0.39, 0.29) is 17.3 Å². The maximum absolute atomic E-state index is 12.0. The molecule has 2 rings (SSSR count). The van der Waals surface area contributed by atoms with Crippen molar-refractivity contribution in [2.24, 2.45) is 0 Å². The van der Waals surface area contributed by atoms with E-state index in [1.165, 1.54) is 12.4 Å². The van der Waals surface area contributed by atoms with Gasteiger partial charge < -0.3 is 9.84 Å². The first kappa shape index (κ1) is 14.6. The van der Waals surface area contributed by atoms with E-state index in [1.807, 2.05) is 7.05 Å². The minimum Gasteiger partial charge on any atom is -0.340 e. The van der Waals surface area contributed by atoms with E-state index < -0.39 is 10.0 Å². The molecule has 2 heterocycles. The summed E-state index contributed by atoms with van der Waals surface area (Å²) in [6.45, 7) is 2.91. The van der Waals surface area contributed by atoms with Crippen LogP contribution in [0.3, 0.4) is 0 Å². The van der Waals surface area contributed by atoms with Crippen LogP contribution in [0.25, 0.3) is 0 Å². The summed E-state index contributed by atoms with van der Waals surface area (Å²) < 4.78 is 32.8. The van der Waals surface area contributed by atoms with Crippen LogP contribution in [0.2, 0.25) is 0 Å². The van der Waals surface area contributed by atoms with Crippen LogP contribution >= 0.6 is 0 Å². The first-order valence-corrected chi connectivity index (χ1v) is 7.45. The molecule has 110 valence electrons. The van der Waals surface area contributed by atoms with Gasteiger partial charge in [0.1, 0.15) is 4.90 Å². The zero-order chi connectivity index (χ0) is 14.6. The normalized spacial score (nSPS) is 11.9. The molecule has 0 saturated heterocycles. The van der Waals surface area contributed by atoms with E-state index in [0.29, 0.717) is 19.0 Å². The number of nitrogens with zero attached hydrogens (tertiary/aromatic N) is 4. The standard InChI is InChI=1S/C10H16N6O3S/c1-8-14-10(15-19-8)6-13-20(17,18)9-5-12-16(7-9)4-3-11-2/h5,7,11,13H,3-4,6H2,1-2H3. The van der Waals surface area contributed by atoms with Gasteiger partial charge in [-0.05, 0) is 7.05 Å². The molecule has 0 atom stereocenters. The predicted molar refractivity (Wildman–Crippen MR) is 69.2 cm³/mol. The Morgan fingerprint density at radius 1 is 1.45 bits per heavy atom. The Morgan fingerprint density at radius 3 is 2.90 bits per heavy atom. The predicted octanol–water partition coefficient (Wildman–Crippen LogP) is -0.728. The maximum Gasteiger partial charge on any atom is 0.244 e. The number of hydrogen-bond acceptors (Lipinski definition) is 7. The largest absolute Gasteiger partial charge is 0.340 e. The van der Waals surface area contributed by atoms with E-state index in [2.05, 4.69) is 25.3 Å². The van der Waals surface area contributed by atoms with Gasteiger partial charge in [0.05, 0.1) is 19.3 Å². The molecular weight excluding hydrogens is 284 g/mol. The molecule has 0 aliphatic rings. The van der Waals surface area contributed by atoms with Crippen molar-refractivity contribution in [1.82, 2.24) is 30.0 Å². The Balaban J connectivity index is 2.00. The smallest absolute Gasteiger partial charge is 0.244 e. The summed E-state index contributed by atoms with van der Waals surface area (Å²) in [4.78, 5) is 4.02. The van der Waals surface area contributed by atoms with E-state index in [1.54, 1.807) is 11.6 Å². The van der Waals surface area contributed by atoms with Crippen molar-refractivity contribution in [1.29, 1.82) is 0 Å². The fourth-order valence-corrected chi connectivity index (χ4v) is 2.42. The minimum atomic E-state index is -3.63. The van der Waals surface area contributed by atoms with Gasteiger partial charge in [0.2, 0.25) is 15.9 Å². The fourth-order valence-electron chi connectivity index (χ4n) is 1.49. The van der Waals surface area contributed by atoms with Crippen LogP contribution in [-0.4, -0.2) is 41.9 Å². The summed E-state index contributed by atoms with van der Waals surface area (Å²) in [6.07, 6.45) is 2.78. The van der Waals surface area contributed by atoms with Gasteiger partial charge in [0.25, 0.3) is 0 Å². The molecule has 0 aromatic carbocycles. The molecule has 0 fully saturated rings. The molecule has 0 aliphatic heterocycles. The number of likely N-dealkylation sites (N-methyl/N-ethyl adjacent to an activating group) is 1. The molecule has 0 unspecified atom stereocenters. The number of hydrogen-bond donors (Lipinski definition) is 2. The summed E-state index contributed by atoms with van der Waals surface area (Å²) in [7, 11) is -1.81. The second-order valence-electron chi connectivity index (χ2n) is 4.10. The molecule has 0 spiro atoms. The lowest BCUT2D eigenvalue weighted by atomic mass is 10.6. The van der Waals surface area contributed by atoms with Crippen LogP contribution in [0.15, 0.2) is 21.8 Å². The van der Waals surface area contributed by atoms with Crippen LogP contribution in [0.4, 0.5) is 0 Å². The average Bonchev–Trinajstić information content (AvgIpc) is 3.03. The van der Waals surface area contributed by atoms with Crippen molar-refractivity contribution in [3.8, 4) is 0 Å². The van der Waals surface area contributed by atoms with Gasteiger partial charge in [0.15, 0.2) is 5.82 Å². The molecule has 0 amide bonds. The third kappa shape index (κ3) is 3.62. The zero-order valence-corrected chi connectivity index (χ0v) is 12.0. The molecule has 2 N–H and O–H groups in total. The molecule has 0 aliphatic carbocycles. The number of sulfonamides is 1. The van der Waals surface area contributed by atoms with E-state index in [9.17, 15) is 8.42 Å². The lowest BCUT2D eigenvalue weighted by Gasteiger charge is -2.01. The minimum absolute atomic E-state index is 0.0264. The lowest BCUT2D eigenvalue weighted by molar-refractivity contribution is 0.387. The molecule has 0 saturated carbocycles. The molecule has 10 heteroatoms. The van der Waals surface area contributed by atoms with Gasteiger partial charge in [-0.15, -0.1) is 0 Å². The number of aryl methyl sites for hydroxylation is 1. The summed E-state index contributed by atoms with van der Waals surface area (Å²) >= 11 is 0. The lowest BCUT2D eigenvalue weighted by Crippen LogP contribution is -2.23. The third-order valence-electron chi connectivity index (χ3n) is 2.50. The van der Waals surface area contributed by atoms with Gasteiger partial charge in [-0.25, -0.2) is 13.1 Å². The highest BCUT2D eigenvalue weighted by atomic mass is 32.2. The van der Waals surface area contributed by atoms with Crippen molar-refractivity contribution < 1.29 is 12.9 Å². The molecule has 9 nitrogen and oxygen atoms in total. The maximum atomic E-state index is 12.0. The zero-order valence-electron chi connectivity index (χ0n) is 11.2. The van der Waals surface area contributed by atoms with Crippen LogP contribution in [0, 0.1) is 6.92 Å². The van der Waals surface area contributed by atoms with E-state index in [4.69, 9.17) is 4.52 Å². The topological polar surface area (TPSA) is 115 Å². The molecule has 2 aromatic rings. The van der Waals surface area contributed by atoms with Gasteiger partial charge in [-0.2, -0.15) is 10.1 Å². The highest BCUT2D eigenvalue weighted by Crippen LogP contribution is 2.07. The quantitative estimate of drug-likeness (QED) is 0.693. The molecule has 2 aromatic heterocycles. The Kier molecular flexibility index (Phi) is 4.47. The van der Waals surface area contributed by atoms with Crippen molar-refractivity contribution in [2.45, 2.75) is 24.9 Å². The van der Waals surface area contributed by atoms with Gasteiger partial charge in [0, 0.05) is 19.7 Å². The Hall–Kier alpha value is -1.78. The van der Waals surface area contributed by atoms with Crippen molar-refractivity contribution in [3.05, 3.63) is 24.1 Å². The highest BCUT2D eigenvalue weighted by Gasteiger charge is 2.17. The van der Waals surface area contributed by atoms with E-state index in [0.717, 1.165) is 0 Å². The van der Waals surface area contributed by atoms with Crippen molar-refractivity contribution in [2.75, 3.05) is 13.6 Å². The fraction of sp³-hybridized carbons (Fsp3) is 0.500. The van der Waals surface area contributed by atoms with Gasteiger partial charge >= 0.3 is 0 Å². The number of nitrogens with one attached hydrogen (secondary N) is 2. The van der Waals surface area contributed by atoms with Crippen LogP contribution in [-0.2, 0) is 23.1 Å². The molecule has 20 heavy (non-hydrogen) atoms. The first-order chi connectivity index (χ1) is 9.51. The van der Waals surface area contributed by atoms with Crippen LogP contribution in [0.1, 0.15) is 11.7 Å². The Morgan fingerprint density at radius 2 is 2.25 bits per heavy atom. The average molecular weight is 300 g/mol. The van der Waals surface area contributed by atoms with Crippen LogP contribution in [0.5, 0.6) is 0 Å². The molecule has 0 bridgehead atoms. The van der Waals surface area contributed by atoms with E-state index >= 15 is 0 Å². The first-order valence-electron chi connectivity index (χ1n) is 5.97. The number of aromatic nitrogens is 4.